The fourth-order valence-electron chi connectivity index (χ4n) is 2.53. The van der Waals surface area contributed by atoms with E-state index in [1.165, 1.54) is 6.33 Å². The maximum atomic E-state index is 10.7. The van der Waals surface area contributed by atoms with E-state index in [1.54, 1.807) is 10.9 Å². The lowest BCUT2D eigenvalue weighted by molar-refractivity contribution is -0.115. The molecule has 0 aliphatic carbocycles. The van der Waals surface area contributed by atoms with Crippen molar-refractivity contribution in [3.8, 4) is 0 Å². The monoisotopic (exact) mass is 329 g/mol. The summed E-state index contributed by atoms with van der Waals surface area (Å²) in [5, 5.41) is 9.55. The summed E-state index contributed by atoms with van der Waals surface area (Å²) >= 11 is 0. The summed E-state index contributed by atoms with van der Waals surface area (Å²) in [6, 6.07) is 0. The van der Waals surface area contributed by atoms with Crippen LogP contribution in [0.3, 0.4) is 0 Å². The first kappa shape index (κ1) is 15.3. The van der Waals surface area contributed by atoms with E-state index in [2.05, 4.69) is 15.0 Å². The number of aromatic nitrogens is 4. The van der Waals surface area contributed by atoms with Gasteiger partial charge in [-0.3, -0.25) is 9.13 Å². The number of hydrogen-bond donors (Lipinski definition) is 3. The maximum Gasteiger partial charge on any atom is 0.316 e. The predicted molar refractivity (Wildman–Crippen MR) is 76.1 cm³/mol. The van der Waals surface area contributed by atoms with Gasteiger partial charge < -0.3 is 25.0 Å². The van der Waals surface area contributed by atoms with Crippen LogP contribution in [0, 0.1) is 0 Å². The molecule has 0 saturated carbocycles. The van der Waals surface area contributed by atoms with Crippen LogP contribution in [0.2, 0.25) is 0 Å². The molecule has 22 heavy (non-hydrogen) atoms. The molecule has 0 bridgehead atoms. The van der Waals surface area contributed by atoms with Crippen molar-refractivity contribution < 1.29 is 23.8 Å². The van der Waals surface area contributed by atoms with Gasteiger partial charge in [0.05, 0.1) is 19.5 Å². The molecule has 1 saturated heterocycles. The Hall–Kier alpha value is -1.58. The lowest BCUT2D eigenvalue weighted by atomic mass is 10.0. The van der Waals surface area contributed by atoms with E-state index in [4.69, 9.17) is 19.9 Å². The second-order valence-electron chi connectivity index (χ2n) is 5.09. The number of nitrogen functional groups attached to an aromatic ring is 1. The van der Waals surface area contributed by atoms with E-state index in [1.807, 2.05) is 0 Å². The molecule has 3 rings (SSSR count). The summed E-state index contributed by atoms with van der Waals surface area (Å²) in [6.07, 6.45) is 3.51. The molecular formula is C11H16N5O5P. The Morgan fingerprint density at radius 2 is 2.36 bits per heavy atom. The van der Waals surface area contributed by atoms with Crippen molar-refractivity contribution in [1.82, 2.24) is 19.5 Å². The van der Waals surface area contributed by atoms with Gasteiger partial charge in [-0.25, -0.2) is 15.0 Å². The summed E-state index contributed by atoms with van der Waals surface area (Å²) in [4.78, 5) is 21.0. The van der Waals surface area contributed by atoms with Crippen LogP contribution in [0.15, 0.2) is 12.7 Å². The standard InChI is InChI=1S/C11H16N5O5P/c12-9-8-10(14-5-13-9)16(6-15-8)7-1-2-11(3-17,21-7)4-20-22(18)19/h5-7,17,22H,1-4H2,(H,18,19)(H2,12,13,14)/t7-,11-/m1/s1. The largest absolute Gasteiger partial charge is 0.393 e. The fraction of sp³-hybridized carbons (Fsp3) is 0.545. The molecule has 1 unspecified atom stereocenters. The highest BCUT2D eigenvalue weighted by Gasteiger charge is 2.41. The van der Waals surface area contributed by atoms with Crippen LogP contribution in [0.4, 0.5) is 5.82 Å². The lowest BCUT2D eigenvalue weighted by Crippen LogP contribution is -2.37. The summed E-state index contributed by atoms with van der Waals surface area (Å²) in [5.74, 6) is 0.275. The Balaban J connectivity index is 1.84. The SMILES string of the molecule is Nc1ncnc2c1ncn2[C@H]1CC[C@@](CO)(CO[PH](=O)O)O1. The summed E-state index contributed by atoms with van der Waals surface area (Å²) in [5.41, 5.74) is 5.74. The van der Waals surface area contributed by atoms with Crippen molar-refractivity contribution in [3.63, 3.8) is 0 Å². The van der Waals surface area contributed by atoms with Gasteiger partial charge >= 0.3 is 8.25 Å². The van der Waals surface area contributed by atoms with Crippen molar-refractivity contribution in [3.05, 3.63) is 12.7 Å². The number of anilines is 1. The molecule has 0 amide bonds. The lowest BCUT2D eigenvalue weighted by Gasteiger charge is -2.26. The Bertz CT molecular complexity index is 709. The number of nitrogens with zero attached hydrogens (tertiary/aromatic N) is 4. The van der Waals surface area contributed by atoms with Crippen molar-refractivity contribution in [2.75, 3.05) is 18.9 Å². The molecule has 0 spiro atoms. The first-order valence-corrected chi connectivity index (χ1v) is 7.88. The molecule has 2 aromatic heterocycles. The zero-order valence-electron chi connectivity index (χ0n) is 11.5. The Morgan fingerprint density at radius 1 is 1.55 bits per heavy atom. The minimum absolute atomic E-state index is 0.155. The Kier molecular flexibility index (Phi) is 4.11. The van der Waals surface area contributed by atoms with Crippen LogP contribution in [0.25, 0.3) is 11.2 Å². The van der Waals surface area contributed by atoms with Crippen LogP contribution in [0.1, 0.15) is 19.1 Å². The van der Waals surface area contributed by atoms with Crippen molar-refractivity contribution in [2.24, 2.45) is 0 Å². The molecule has 3 atom stereocenters. The van der Waals surface area contributed by atoms with E-state index in [0.29, 0.717) is 24.0 Å². The van der Waals surface area contributed by atoms with Crippen LogP contribution >= 0.6 is 8.25 Å². The minimum Gasteiger partial charge on any atom is -0.393 e. The number of hydrogen-bond acceptors (Lipinski definition) is 8. The number of nitrogens with two attached hydrogens (primary N) is 1. The normalized spacial score (nSPS) is 26.5. The fourth-order valence-corrected chi connectivity index (χ4v) is 2.92. The van der Waals surface area contributed by atoms with E-state index in [0.717, 1.165) is 0 Å². The zero-order valence-corrected chi connectivity index (χ0v) is 12.5. The van der Waals surface area contributed by atoms with Crippen LogP contribution in [-0.2, 0) is 13.8 Å². The molecule has 0 aromatic carbocycles. The number of fused-ring (bicyclic) bond motifs is 1. The smallest absolute Gasteiger partial charge is 0.316 e. The molecule has 1 aliphatic heterocycles. The summed E-state index contributed by atoms with van der Waals surface area (Å²) in [7, 11) is -3.08. The molecule has 2 aromatic rings. The van der Waals surface area contributed by atoms with Gasteiger partial charge in [-0.05, 0) is 12.8 Å². The molecular weight excluding hydrogens is 313 g/mol. The molecule has 120 valence electrons. The predicted octanol–water partition coefficient (Wildman–Crippen LogP) is -0.153. The topological polar surface area (TPSA) is 146 Å². The number of imidazole rings is 1. The average Bonchev–Trinajstić information content (AvgIpc) is 3.10. The molecule has 10 nitrogen and oxygen atoms in total. The van der Waals surface area contributed by atoms with Gasteiger partial charge in [0, 0.05) is 0 Å². The van der Waals surface area contributed by atoms with E-state index in [9.17, 15) is 9.67 Å². The molecule has 3 heterocycles. The maximum absolute atomic E-state index is 10.7. The van der Waals surface area contributed by atoms with E-state index in [-0.39, 0.29) is 19.0 Å². The highest BCUT2D eigenvalue weighted by molar-refractivity contribution is 7.32. The number of rotatable bonds is 5. The van der Waals surface area contributed by atoms with Gasteiger partial charge in [0.25, 0.3) is 0 Å². The number of aliphatic hydroxyl groups is 1. The first-order chi connectivity index (χ1) is 10.5. The van der Waals surface area contributed by atoms with Gasteiger partial charge in [-0.1, -0.05) is 0 Å². The Morgan fingerprint density at radius 3 is 3.09 bits per heavy atom. The van der Waals surface area contributed by atoms with Crippen molar-refractivity contribution in [2.45, 2.75) is 24.7 Å². The number of aliphatic hydroxyl groups excluding tert-OH is 1. The van der Waals surface area contributed by atoms with Gasteiger partial charge in [-0.2, -0.15) is 0 Å². The van der Waals surface area contributed by atoms with E-state index >= 15 is 0 Å². The van der Waals surface area contributed by atoms with Gasteiger partial charge in [0.1, 0.15) is 23.7 Å². The third kappa shape index (κ3) is 2.71. The van der Waals surface area contributed by atoms with Crippen LogP contribution < -0.4 is 5.73 Å². The van der Waals surface area contributed by atoms with Gasteiger partial charge in [-0.15, -0.1) is 0 Å². The van der Waals surface area contributed by atoms with E-state index < -0.39 is 20.1 Å². The van der Waals surface area contributed by atoms with Crippen molar-refractivity contribution in [1.29, 1.82) is 0 Å². The van der Waals surface area contributed by atoms with Crippen LogP contribution in [0.5, 0.6) is 0 Å². The highest BCUT2D eigenvalue weighted by atomic mass is 31.1. The zero-order chi connectivity index (χ0) is 15.7. The molecule has 1 fully saturated rings. The van der Waals surface area contributed by atoms with Gasteiger partial charge in [0.2, 0.25) is 0 Å². The third-order valence-electron chi connectivity index (χ3n) is 3.68. The number of ether oxygens (including phenoxy) is 1. The van der Waals surface area contributed by atoms with Gasteiger partial charge in [0.15, 0.2) is 11.5 Å². The van der Waals surface area contributed by atoms with Crippen molar-refractivity contribution >= 4 is 25.2 Å². The minimum atomic E-state index is -3.08. The highest BCUT2D eigenvalue weighted by Crippen LogP contribution is 2.39. The third-order valence-corrected chi connectivity index (χ3v) is 4.07. The quantitative estimate of drug-likeness (QED) is 0.637. The first-order valence-electron chi connectivity index (χ1n) is 6.62. The average molecular weight is 329 g/mol. The summed E-state index contributed by atoms with van der Waals surface area (Å²) < 4.78 is 23.0. The molecule has 4 N–H and O–H groups in total. The molecule has 0 radical (unpaired) electrons. The summed E-state index contributed by atoms with van der Waals surface area (Å²) in [6.45, 7) is -0.472. The Labute approximate surface area is 125 Å². The second kappa shape index (κ2) is 5.90. The molecule has 11 heteroatoms. The second-order valence-corrected chi connectivity index (χ2v) is 5.91. The molecule has 1 aliphatic rings. The van der Waals surface area contributed by atoms with Crippen LogP contribution in [-0.4, -0.2) is 48.3 Å².